The van der Waals surface area contributed by atoms with Gasteiger partial charge in [0.2, 0.25) is 0 Å². The van der Waals surface area contributed by atoms with Crippen LogP contribution >= 0.6 is 34.2 Å². The number of nitrogens with one attached hydrogen (secondary N) is 1. The molecule has 1 aromatic heterocycles. The van der Waals surface area contributed by atoms with E-state index in [-0.39, 0.29) is 23.1 Å². The van der Waals surface area contributed by atoms with Gasteiger partial charge < -0.3 is 9.47 Å². The quantitative estimate of drug-likeness (QED) is 0.202. The average Bonchev–Trinajstić information content (AvgIpc) is 2.73. The van der Waals surface area contributed by atoms with Crippen LogP contribution in [0.4, 0.5) is 4.39 Å². The number of hydrogen-bond acceptors (Lipinski definition) is 5. The van der Waals surface area contributed by atoms with Gasteiger partial charge in [0.25, 0.3) is 5.91 Å². The molecule has 0 bridgehead atoms. The monoisotopic (exact) mass is 539 g/mol. The topological polar surface area (TPSA) is 72.8 Å². The van der Waals surface area contributed by atoms with Crippen molar-refractivity contribution in [2.75, 3.05) is 7.11 Å². The zero-order chi connectivity index (χ0) is 21.5. The summed E-state index contributed by atoms with van der Waals surface area (Å²) in [5.74, 6) is 0.229. The van der Waals surface area contributed by atoms with Gasteiger partial charge in [-0.25, -0.2) is 14.8 Å². The van der Waals surface area contributed by atoms with Crippen LogP contribution in [0.2, 0.25) is 5.15 Å². The van der Waals surface area contributed by atoms with Crippen molar-refractivity contribution in [1.29, 1.82) is 0 Å². The Morgan fingerprint density at radius 1 is 1.30 bits per heavy atom. The maximum Gasteiger partial charge on any atom is 0.274 e. The maximum atomic E-state index is 13.3. The second kappa shape index (κ2) is 10.4. The number of aromatic nitrogens is 1. The third-order valence-corrected chi connectivity index (χ3v) is 5.01. The van der Waals surface area contributed by atoms with Crippen LogP contribution in [0.1, 0.15) is 21.5 Å². The molecule has 0 fully saturated rings. The molecule has 1 N–H and O–H groups in total. The second-order valence-electron chi connectivity index (χ2n) is 5.99. The Morgan fingerprint density at radius 3 is 2.87 bits per heavy atom. The van der Waals surface area contributed by atoms with E-state index >= 15 is 0 Å². The van der Waals surface area contributed by atoms with Gasteiger partial charge in [-0.3, -0.25) is 4.79 Å². The zero-order valence-corrected chi connectivity index (χ0v) is 18.6. The molecule has 1 amide bonds. The van der Waals surface area contributed by atoms with E-state index in [4.69, 9.17) is 21.1 Å². The van der Waals surface area contributed by atoms with Crippen molar-refractivity contribution in [2.24, 2.45) is 5.10 Å². The molecule has 3 rings (SSSR count). The number of hydrogen-bond donors (Lipinski definition) is 1. The van der Waals surface area contributed by atoms with Gasteiger partial charge >= 0.3 is 0 Å². The molecule has 9 heteroatoms. The van der Waals surface area contributed by atoms with Gasteiger partial charge in [-0.05, 0) is 70.1 Å². The summed E-state index contributed by atoms with van der Waals surface area (Å²) in [5.41, 5.74) is 4.03. The molecule has 0 unspecified atom stereocenters. The predicted octanol–water partition coefficient (Wildman–Crippen LogP) is 4.83. The lowest BCUT2D eigenvalue weighted by Crippen LogP contribution is -2.18. The number of halogens is 3. The first kappa shape index (κ1) is 22.0. The maximum absolute atomic E-state index is 13.3. The van der Waals surface area contributed by atoms with E-state index < -0.39 is 5.91 Å². The fraction of sp³-hybridized carbons (Fsp3) is 0.0952. The summed E-state index contributed by atoms with van der Waals surface area (Å²) in [7, 11) is 1.52. The molecule has 0 aliphatic heterocycles. The fourth-order valence-electron chi connectivity index (χ4n) is 2.52. The van der Waals surface area contributed by atoms with Crippen molar-refractivity contribution in [3.8, 4) is 11.5 Å². The smallest absolute Gasteiger partial charge is 0.274 e. The van der Waals surface area contributed by atoms with E-state index in [0.29, 0.717) is 22.6 Å². The molecular weight excluding hydrogens is 524 g/mol. The van der Waals surface area contributed by atoms with E-state index in [1.54, 1.807) is 30.3 Å². The lowest BCUT2D eigenvalue weighted by Gasteiger charge is -2.13. The number of carbonyl (C=O) groups is 1. The van der Waals surface area contributed by atoms with Crippen LogP contribution < -0.4 is 14.9 Å². The van der Waals surface area contributed by atoms with E-state index in [2.05, 4.69) is 38.1 Å². The highest BCUT2D eigenvalue weighted by molar-refractivity contribution is 14.1. The van der Waals surface area contributed by atoms with E-state index in [0.717, 1.165) is 3.57 Å². The Morgan fingerprint density at radius 2 is 2.13 bits per heavy atom. The number of benzene rings is 2. The normalized spacial score (nSPS) is 10.8. The summed E-state index contributed by atoms with van der Waals surface area (Å²) in [5, 5.41) is 4.05. The lowest BCUT2D eigenvalue weighted by molar-refractivity contribution is 0.0955. The van der Waals surface area contributed by atoms with Gasteiger partial charge in [0.15, 0.2) is 11.5 Å². The third-order valence-electron chi connectivity index (χ3n) is 3.91. The number of pyridine rings is 1. The number of methoxy groups -OCH3 is 1. The van der Waals surface area contributed by atoms with Crippen molar-refractivity contribution in [3.05, 3.63) is 86.0 Å². The van der Waals surface area contributed by atoms with Gasteiger partial charge in [0, 0.05) is 6.20 Å². The first-order valence-electron chi connectivity index (χ1n) is 8.66. The van der Waals surface area contributed by atoms with Crippen LogP contribution in [-0.2, 0) is 6.61 Å². The van der Waals surface area contributed by atoms with Gasteiger partial charge in [0.1, 0.15) is 17.6 Å². The Bertz CT molecular complexity index is 1090. The molecule has 0 aliphatic rings. The average molecular weight is 540 g/mol. The minimum atomic E-state index is -0.471. The summed E-state index contributed by atoms with van der Waals surface area (Å²) in [6.45, 7) is 0.194. The number of amides is 1. The molecule has 0 saturated carbocycles. The highest BCUT2D eigenvalue weighted by atomic mass is 127. The van der Waals surface area contributed by atoms with Crippen molar-refractivity contribution < 1.29 is 18.7 Å². The summed E-state index contributed by atoms with van der Waals surface area (Å²) >= 11 is 8.01. The zero-order valence-electron chi connectivity index (χ0n) is 15.7. The fourth-order valence-corrected chi connectivity index (χ4v) is 3.50. The van der Waals surface area contributed by atoms with Crippen molar-refractivity contribution >= 4 is 46.3 Å². The molecule has 0 aliphatic carbocycles. The number of nitrogens with zero attached hydrogens (tertiary/aromatic N) is 2. The number of carbonyl (C=O) groups excluding carboxylic acids is 1. The Balaban J connectivity index is 1.71. The van der Waals surface area contributed by atoms with E-state index in [1.165, 1.54) is 31.7 Å². The van der Waals surface area contributed by atoms with Crippen LogP contribution in [0.25, 0.3) is 0 Å². The van der Waals surface area contributed by atoms with Gasteiger partial charge in [0.05, 0.1) is 22.5 Å². The van der Waals surface area contributed by atoms with Crippen LogP contribution in [0.5, 0.6) is 11.5 Å². The minimum Gasteiger partial charge on any atom is -0.493 e. The summed E-state index contributed by atoms with van der Waals surface area (Å²) in [6, 6.07) is 12.9. The van der Waals surface area contributed by atoms with Crippen LogP contribution in [-0.4, -0.2) is 24.2 Å². The summed E-state index contributed by atoms with van der Waals surface area (Å²) in [4.78, 5) is 16.0. The number of ether oxygens (including phenoxy) is 2. The number of rotatable bonds is 7. The Hall–Kier alpha value is -2.72. The molecule has 0 spiro atoms. The van der Waals surface area contributed by atoms with Crippen molar-refractivity contribution in [3.63, 3.8) is 0 Å². The van der Waals surface area contributed by atoms with Gasteiger partial charge in [-0.2, -0.15) is 5.10 Å². The molecular formula is C21H16ClFIN3O3. The second-order valence-corrected chi connectivity index (χ2v) is 7.51. The standard InChI is InChI=1S/C21H16ClFIN3O3/c1-29-18-10-14(11-26-27-21(28)16-6-3-7-25-20(16)22)9-17(24)19(18)30-12-13-4-2-5-15(23)8-13/h2-11H,12H2,1H3,(H,27,28). The predicted molar refractivity (Wildman–Crippen MR) is 121 cm³/mol. The molecule has 1 heterocycles. The molecule has 0 atom stereocenters. The van der Waals surface area contributed by atoms with E-state index in [9.17, 15) is 9.18 Å². The highest BCUT2D eigenvalue weighted by Gasteiger charge is 2.12. The molecule has 0 saturated heterocycles. The van der Waals surface area contributed by atoms with Crippen LogP contribution in [0.3, 0.4) is 0 Å². The SMILES string of the molecule is COc1cc(C=NNC(=O)c2cccnc2Cl)cc(I)c1OCc1cccc(F)c1. The molecule has 6 nitrogen and oxygen atoms in total. The third kappa shape index (κ3) is 5.67. The lowest BCUT2D eigenvalue weighted by atomic mass is 10.2. The van der Waals surface area contributed by atoms with Crippen LogP contribution in [0.15, 0.2) is 59.8 Å². The highest BCUT2D eigenvalue weighted by Crippen LogP contribution is 2.34. The van der Waals surface area contributed by atoms with Crippen molar-refractivity contribution in [1.82, 2.24) is 10.4 Å². The summed E-state index contributed by atoms with van der Waals surface area (Å²) < 4.78 is 25.4. The molecule has 154 valence electrons. The van der Waals surface area contributed by atoms with Gasteiger partial charge in [-0.1, -0.05) is 23.7 Å². The van der Waals surface area contributed by atoms with Crippen LogP contribution in [0, 0.1) is 9.39 Å². The van der Waals surface area contributed by atoms with E-state index in [1.807, 2.05) is 6.07 Å². The molecule has 30 heavy (non-hydrogen) atoms. The molecule has 0 radical (unpaired) electrons. The first-order valence-corrected chi connectivity index (χ1v) is 10.1. The van der Waals surface area contributed by atoms with Gasteiger partial charge in [-0.15, -0.1) is 0 Å². The Labute approximate surface area is 191 Å². The first-order chi connectivity index (χ1) is 14.5. The largest absolute Gasteiger partial charge is 0.493 e. The van der Waals surface area contributed by atoms with Crippen molar-refractivity contribution in [2.45, 2.75) is 6.61 Å². The number of hydrazone groups is 1. The molecule has 3 aromatic rings. The Kier molecular flexibility index (Phi) is 7.58. The summed E-state index contributed by atoms with van der Waals surface area (Å²) in [6.07, 6.45) is 2.97. The molecule has 2 aromatic carbocycles. The minimum absolute atomic E-state index is 0.0983.